The standard InChI is InChI=1S/C12H17N3O/c1-14(2)11-6-5-9-10(16-4)7-8-15(3)12(9)13-11/h5-7H,8H2,1-4H3. The fraction of sp³-hybridized carbons (Fsp3) is 0.417. The summed E-state index contributed by atoms with van der Waals surface area (Å²) in [6.07, 6.45) is 2.07. The number of anilines is 2. The first-order chi connectivity index (χ1) is 7.63. The predicted octanol–water partition coefficient (Wildman–Crippen LogP) is 1.58. The molecule has 0 aromatic carbocycles. The molecule has 0 amide bonds. The minimum atomic E-state index is 0.833. The summed E-state index contributed by atoms with van der Waals surface area (Å²) >= 11 is 0. The van der Waals surface area contributed by atoms with E-state index in [1.807, 2.05) is 32.1 Å². The fourth-order valence-electron chi connectivity index (χ4n) is 1.78. The number of hydrogen-bond donors (Lipinski definition) is 0. The van der Waals surface area contributed by atoms with Gasteiger partial charge in [0.05, 0.1) is 12.7 Å². The Labute approximate surface area is 96.1 Å². The van der Waals surface area contributed by atoms with E-state index < -0.39 is 0 Å². The third-order valence-corrected chi connectivity index (χ3v) is 2.72. The molecule has 0 saturated heterocycles. The monoisotopic (exact) mass is 219 g/mol. The number of likely N-dealkylation sites (N-methyl/N-ethyl adjacent to an activating group) is 1. The summed E-state index contributed by atoms with van der Waals surface area (Å²) in [5.41, 5.74) is 1.06. The molecule has 0 aliphatic carbocycles. The lowest BCUT2D eigenvalue weighted by Crippen LogP contribution is -2.24. The highest BCUT2D eigenvalue weighted by atomic mass is 16.5. The maximum atomic E-state index is 5.35. The summed E-state index contributed by atoms with van der Waals surface area (Å²) in [5.74, 6) is 2.85. The molecular formula is C12H17N3O. The highest BCUT2D eigenvalue weighted by molar-refractivity contribution is 5.75. The van der Waals surface area contributed by atoms with Crippen LogP contribution in [0.5, 0.6) is 0 Å². The van der Waals surface area contributed by atoms with Gasteiger partial charge in [0, 0.05) is 27.7 Å². The van der Waals surface area contributed by atoms with Crippen LogP contribution in [-0.2, 0) is 4.74 Å². The molecule has 4 nitrogen and oxygen atoms in total. The minimum Gasteiger partial charge on any atom is -0.496 e. The van der Waals surface area contributed by atoms with Crippen LogP contribution in [0.4, 0.5) is 11.6 Å². The molecule has 16 heavy (non-hydrogen) atoms. The van der Waals surface area contributed by atoms with E-state index in [-0.39, 0.29) is 0 Å². The van der Waals surface area contributed by atoms with Crippen LogP contribution in [0.3, 0.4) is 0 Å². The van der Waals surface area contributed by atoms with Crippen LogP contribution in [0, 0.1) is 0 Å². The summed E-state index contributed by atoms with van der Waals surface area (Å²) in [4.78, 5) is 8.74. The number of hydrogen-bond acceptors (Lipinski definition) is 4. The van der Waals surface area contributed by atoms with E-state index in [2.05, 4.69) is 22.0 Å². The highest BCUT2D eigenvalue weighted by Crippen LogP contribution is 2.30. The SMILES string of the molecule is COC1=CCN(C)c2nc(N(C)C)ccc21. The van der Waals surface area contributed by atoms with E-state index in [0.717, 1.165) is 29.5 Å². The Morgan fingerprint density at radius 1 is 1.38 bits per heavy atom. The number of fused-ring (bicyclic) bond motifs is 1. The molecule has 0 spiro atoms. The molecule has 1 aromatic rings. The van der Waals surface area contributed by atoms with Crippen LogP contribution < -0.4 is 9.80 Å². The zero-order valence-electron chi connectivity index (χ0n) is 10.2. The largest absolute Gasteiger partial charge is 0.496 e. The summed E-state index contributed by atoms with van der Waals surface area (Å²) in [5, 5.41) is 0. The molecule has 1 aliphatic rings. The van der Waals surface area contributed by atoms with Gasteiger partial charge in [-0.05, 0) is 18.2 Å². The number of nitrogens with zero attached hydrogens (tertiary/aromatic N) is 3. The Kier molecular flexibility index (Phi) is 2.73. The average Bonchev–Trinajstić information content (AvgIpc) is 2.29. The first-order valence-corrected chi connectivity index (χ1v) is 5.27. The van der Waals surface area contributed by atoms with Crippen LogP contribution in [-0.4, -0.2) is 39.8 Å². The van der Waals surface area contributed by atoms with Crippen LogP contribution in [0.25, 0.3) is 5.76 Å². The summed E-state index contributed by atoms with van der Waals surface area (Å²) in [7, 11) is 7.71. The van der Waals surface area contributed by atoms with Gasteiger partial charge in [0.2, 0.25) is 0 Å². The van der Waals surface area contributed by atoms with Gasteiger partial charge in [0.1, 0.15) is 17.4 Å². The smallest absolute Gasteiger partial charge is 0.142 e. The van der Waals surface area contributed by atoms with Crippen molar-refractivity contribution in [3.8, 4) is 0 Å². The molecule has 2 rings (SSSR count). The van der Waals surface area contributed by atoms with Gasteiger partial charge in [0.15, 0.2) is 0 Å². The van der Waals surface area contributed by atoms with Gasteiger partial charge in [-0.25, -0.2) is 4.98 Å². The average molecular weight is 219 g/mol. The lowest BCUT2D eigenvalue weighted by atomic mass is 10.1. The van der Waals surface area contributed by atoms with E-state index in [4.69, 9.17) is 4.74 Å². The van der Waals surface area contributed by atoms with E-state index >= 15 is 0 Å². The van der Waals surface area contributed by atoms with E-state index in [9.17, 15) is 0 Å². The van der Waals surface area contributed by atoms with Crippen molar-refractivity contribution in [2.45, 2.75) is 0 Å². The number of ether oxygens (including phenoxy) is 1. The van der Waals surface area contributed by atoms with Gasteiger partial charge in [-0.3, -0.25) is 0 Å². The first kappa shape index (κ1) is 10.8. The third-order valence-electron chi connectivity index (χ3n) is 2.72. The third kappa shape index (κ3) is 1.71. The molecule has 0 N–H and O–H groups in total. The van der Waals surface area contributed by atoms with Crippen LogP contribution >= 0.6 is 0 Å². The molecule has 0 fully saturated rings. The van der Waals surface area contributed by atoms with Crippen LogP contribution in [0.15, 0.2) is 18.2 Å². The van der Waals surface area contributed by atoms with Crippen molar-refractivity contribution < 1.29 is 4.74 Å². The van der Waals surface area contributed by atoms with Crippen molar-refractivity contribution in [2.24, 2.45) is 0 Å². The van der Waals surface area contributed by atoms with Crippen molar-refractivity contribution >= 4 is 17.4 Å². The number of rotatable bonds is 2. The Morgan fingerprint density at radius 3 is 2.75 bits per heavy atom. The van der Waals surface area contributed by atoms with Gasteiger partial charge in [-0.15, -0.1) is 0 Å². The molecule has 0 unspecified atom stereocenters. The zero-order valence-corrected chi connectivity index (χ0v) is 10.2. The van der Waals surface area contributed by atoms with Gasteiger partial charge >= 0.3 is 0 Å². The highest BCUT2D eigenvalue weighted by Gasteiger charge is 2.18. The molecule has 4 heteroatoms. The van der Waals surface area contributed by atoms with Crippen molar-refractivity contribution in [2.75, 3.05) is 44.6 Å². The molecule has 1 aliphatic heterocycles. The van der Waals surface area contributed by atoms with Crippen molar-refractivity contribution in [3.05, 3.63) is 23.8 Å². The second-order valence-electron chi connectivity index (χ2n) is 4.09. The Balaban J connectivity index is 2.49. The summed E-state index contributed by atoms with van der Waals surface area (Å²) in [6.45, 7) is 0.833. The van der Waals surface area contributed by atoms with Crippen LogP contribution in [0.1, 0.15) is 5.56 Å². The second kappa shape index (κ2) is 4.04. The minimum absolute atomic E-state index is 0.833. The Bertz CT molecular complexity index is 426. The Morgan fingerprint density at radius 2 is 2.12 bits per heavy atom. The van der Waals surface area contributed by atoms with Gasteiger partial charge in [0.25, 0.3) is 0 Å². The van der Waals surface area contributed by atoms with Crippen LogP contribution in [0.2, 0.25) is 0 Å². The molecule has 0 bridgehead atoms. The summed E-state index contributed by atoms with van der Waals surface area (Å²) in [6, 6.07) is 4.06. The van der Waals surface area contributed by atoms with Crippen molar-refractivity contribution in [1.82, 2.24) is 4.98 Å². The molecule has 0 saturated carbocycles. The van der Waals surface area contributed by atoms with Gasteiger partial charge in [-0.1, -0.05) is 0 Å². The fourth-order valence-corrected chi connectivity index (χ4v) is 1.78. The van der Waals surface area contributed by atoms with E-state index in [1.165, 1.54) is 0 Å². The number of methoxy groups -OCH3 is 1. The van der Waals surface area contributed by atoms with E-state index in [0.29, 0.717) is 0 Å². The topological polar surface area (TPSA) is 28.6 Å². The first-order valence-electron chi connectivity index (χ1n) is 5.27. The maximum absolute atomic E-state index is 5.35. The molecule has 86 valence electrons. The Hall–Kier alpha value is -1.71. The lowest BCUT2D eigenvalue weighted by Gasteiger charge is -2.26. The zero-order chi connectivity index (χ0) is 11.7. The molecular weight excluding hydrogens is 202 g/mol. The number of pyridine rings is 1. The molecule has 1 aromatic heterocycles. The lowest BCUT2D eigenvalue weighted by molar-refractivity contribution is 0.368. The van der Waals surface area contributed by atoms with Gasteiger partial charge in [-0.2, -0.15) is 0 Å². The second-order valence-corrected chi connectivity index (χ2v) is 4.09. The van der Waals surface area contributed by atoms with Gasteiger partial charge < -0.3 is 14.5 Å². The van der Waals surface area contributed by atoms with E-state index in [1.54, 1.807) is 7.11 Å². The normalized spacial score (nSPS) is 14.2. The molecule has 0 radical (unpaired) electrons. The quantitative estimate of drug-likeness (QED) is 0.755. The van der Waals surface area contributed by atoms with Crippen molar-refractivity contribution in [1.29, 1.82) is 0 Å². The molecule has 0 atom stereocenters. The molecule has 2 heterocycles. The number of aromatic nitrogens is 1. The van der Waals surface area contributed by atoms with Crippen molar-refractivity contribution in [3.63, 3.8) is 0 Å². The predicted molar refractivity (Wildman–Crippen MR) is 66.8 cm³/mol. The summed E-state index contributed by atoms with van der Waals surface area (Å²) < 4.78 is 5.35. The maximum Gasteiger partial charge on any atom is 0.142 e.